The first kappa shape index (κ1) is 16.2. The van der Waals surface area contributed by atoms with Gasteiger partial charge in [-0.1, -0.05) is 30.3 Å². The number of hydrazone groups is 1. The molecule has 0 atom stereocenters. The minimum atomic E-state index is 0.670. The summed E-state index contributed by atoms with van der Waals surface area (Å²) in [7, 11) is 0. The number of aryl methyl sites for hydroxylation is 1. The molecule has 3 aromatic rings. The summed E-state index contributed by atoms with van der Waals surface area (Å²) < 4.78 is 5.54. The van der Waals surface area contributed by atoms with Crippen molar-refractivity contribution in [3.8, 4) is 17.0 Å². The third-order valence-corrected chi connectivity index (χ3v) is 4.19. The van der Waals surface area contributed by atoms with E-state index in [1.807, 2.05) is 67.8 Å². The lowest BCUT2D eigenvalue weighted by Crippen LogP contribution is -1.95. The maximum atomic E-state index is 5.54. The molecular formula is C19H19N3OS. The number of ether oxygens (including phenoxy) is 1. The van der Waals surface area contributed by atoms with Crippen molar-refractivity contribution in [2.45, 2.75) is 13.8 Å². The summed E-state index contributed by atoms with van der Waals surface area (Å²) in [6, 6.07) is 16.1. The van der Waals surface area contributed by atoms with E-state index in [4.69, 9.17) is 4.74 Å². The topological polar surface area (TPSA) is 46.5 Å². The van der Waals surface area contributed by atoms with Gasteiger partial charge in [-0.3, -0.25) is 5.43 Å². The monoisotopic (exact) mass is 337 g/mol. The fourth-order valence-corrected chi connectivity index (χ4v) is 2.97. The molecule has 122 valence electrons. The fraction of sp³-hybridized carbons (Fsp3) is 0.158. The molecule has 1 heterocycles. The molecule has 5 heteroatoms. The van der Waals surface area contributed by atoms with Crippen LogP contribution >= 0.6 is 11.3 Å². The van der Waals surface area contributed by atoms with Crippen molar-refractivity contribution in [2.24, 2.45) is 5.10 Å². The van der Waals surface area contributed by atoms with E-state index in [0.717, 1.165) is 33.3 Å². The van der Waals surface area contributed by atoms with Crippen LogP contribution in [0.3, 0.4) is 0 Å². The summed E-state index contributed by atoms with van der Waals surface area (Å²) in [5, 5.41) is 7.06. The number of nitrogens with zero attached hydrogens (tertiary/aromatic N) is 2. The van der Waals surface area contributed by atoms with Gasteiger partial charge in [0.2, 0.25) is 5.13 Å². The Balaban J connectivity index is 1.64. The molecule has 2 aromatic carbocycles. The maximum absolute atomic E-state index is 5.54. The van der Waals surface area contributed by atoms with Crippen LogP contribution in [0.2, 0.25) is 0 Å². The number of rotatable bonds is 6. The summed E-state index contributed by atoms with van der Waals surface area (Å²) >= 11 is 1.54. The second-order valence-electron chi connectivity index (χ2n) is 5.23. The smallest absolute Gasteiger partial charge is 0.203 e. The Morgan fingerprint density at radius 3 is 2.79 bits per heavy atom. The highest BCUT2D eigenvalue weighted by Crippen LogP contribution is 2.24. The van der Waals surface area contributed by atoms with Gasteiger partial charge in [0.15, 0.2) is 0 Å². The van der Waals surface area contributed by atoms with Gasteiger partial charge in [-0.15, -0.1) is 11.3 Å². The second kappa shape index (κ2) is 7.75. The van der Waals surface area contributed by atoms with E-state index in [1.54, 1.807) is 6.21 Å². The van der Waals surface area contributed by atoms with Crippen LogP contribution in [-0.2, 0) is 0 Å². The lowest BCUT2D eigenvalue weighted by atomic mass is 10.1. The van der Waals surface area contributed by atoms with Crippen LogP contribution in [-0.4, -0.2) is 17.8 Å². The van der Waals surface area contributed by atoms with E-state index in [-0.39, 0.29) is 0 Å². The van der Waals surface area contributed by atoms with E-state index in [1.165, 1.54) is 11.3 Å². The number of benzene rings is 2. The Morgan fingerprint density at radius 2 is 2.04 bits per heavy atom. The molecule has 0 aliphatic carbocycles. The Kier molecular flexibility index (Phi) is 5.23. The molecule has 0 unspecified atom stereocenters. The van der Waals surface area contributed by atoms with E-state index in [9.17, 15) is 0 Å². The molecule has 0 bridgehead atoms. The Hall–Kier alpha value is -2.66. The highest BCUT2D eigenvalue weighted by molar-refractivity contribution is 7.14. The standard InChI is InChI=1S/C19H19N3OS/c1-3-23-18-10-9-15(11-14(18)2)12-20-22-19-21-17(13-24-19)16-7-5-4-6-8-16/h4-13H,3H2,1-2H3,(H,21,22). The third kappa shape index (κ3) is 4.00. The molecule has 0 amide bonds. The molecule has 0 aliphatic heterocycles. The highest BCUT2D eigenvalue weighted by atomic mass is 32.1. The Bertz CT molecular complexity index is 828. The quantitative estimate of drug-likeness (QED) is 0.510. The van der Waals surface area contributed by atoms with Gasteiger partial charge in [-0.25, -0.2) is 4.98 Å². The lowest BCUT2D eigenvalue weighted by Gasteiger charge is -2.06. The van der Waals surface area contributed by atoms with E-state index in [2.05, 4.69) is 15.5 Å². The molecule has 3 rings (SSSR count). The third-order valence-electron chi connectivity index (χ3n) is 3.45. The Labute approximate surface area is 145 Å². The van der Waals surface area contributed by atoms with Crippen LogP contribution in [0, 0.1) is 6.92 Å². The minimum absolute atomic E-state index is 0.670. The molecule has 1 N–H and O–H groups in total. The van der Waals surface area contributed by atoms with Crippen molar-refractivity contribution >= 4 is 22.7 Å². The molecule has 4 nitrogen and oxygen atoms in total. The average Bonchev–Trinajstić information content (AvgIpc) is 3.07. The molecule has 1 aromatic heterocycles. The van der Waals surface area contributed by atoms with Gasteiger partial charge in [0.25, 0.3) is 0 Å². The number of hydrogen-bond donors (Lipinski definition) is 1. The van der Waals surface area contributed by atoms with Crippen LogP contribution in [0.1, 0.15) is 18.1 Å². The predicted molar refractivity (Wildman–Crippen MR) is 101 cm³/mol. The van der Waals surface area contributed by atoms with E-state index in [0.29, 0.717) is 6.61 Å². The summed E-state index contributed by atoms with van der Waals surface area (Å²) in [6.07, 6.45) is 1.78. The number of nitrogens with one attached hydrogen (secondary N) is 1. The first-order valence-electron chi connectivity index (χ1n) is 7.79. The molecule has 0 fully saturated rings. The van der Waals surface area contributed by atoms with Gasteiger partial charge in [-0.05, 0) is 43.2 Å². The van der Waals surface area contributed by atoms with Crippen molar-refractivity contribution in [1.29, 1.82) is 0 Å². The minimum Gasteiger partial charge on any atom is -0.494 e. The zero-order valence-electron chi connectivity index (χ0n) is 13.7. The molecule has 0 spiro atoms. The van der Waals surface area contributed by atoms with Crippen molar-refractivity contribution in [3.05, 3.63) is 65.0 Å². The van der Waals surface area contributed by atoms with Crippen LogP contribution < -0.4 is 10.2 Å². The highest BCUT2D eigenvalue weighted by Gasteiger charge is 2.03. The number of aromatic nitrogens is 1. The summed E-state index contributed by atoms with van der Waals surface area (Å²) in [4.78, 5) is 4.54. The van der Waals surface area contributed by atoms with Crippen LogP contribution in [0.25, 0.3) is 11.3 Å². The van der Waals surface area contributed by atoms with Gasteiger partial charge >= 0.3 is 0 Å². The van der Waals surface area contributed by atoms with E-state index >= 15 is 0 Å². The number of anilines is 1. The predicted octanol–water partition coefficient (Wildman–Crippen LogP) is 4.96. The first-order valence-corrected chi connectivity index (χ1v) is 8.67. The van der Waals surface area contributed by atoms with Crippen molar-refractivity contribution < 1.29 is 4.74 Å². The summed E-state index contributed by atoms with van der Waals surface area (Å²) in [6.45, 7) is 4.68. The molecule has 0 aliphatic rings. The summed E-state index contributed by atoms with van der Waals surface area (Å²) in [5.41, 5.74) is 7.16. The van der Waals surface area contributed by atoms with Gasteiger partial charge in [0.05, 0.1) is 18.5 Å². The van der Waals surface area contributed by atoms with Gasteiger partial charge in [0.1, 0.15) is 5.75 Å². The molecule has 0 radical (unpaired) electrons. The zero-order chi connectivity index (χ0) is 16.8. The number of hydrogen-bond acceptors (Lipinski definition) is 5. The van der Waals surface area contributed by atoms with Crippen molar-refractivity contribution in [3.63, 3.8) is 0 Å². The van der Waals surface area contributed by atoms with Crippen LogP contribution in [0.5, 0.6) is 5.75 Å². The fourth-order valence-electron chi connectivity index (χ4n) is 2.30. The number of thiazole rings is 1. The normalized spacial score (nSPS) is 10.9. The van der Waals surface area contributed by atoms with Crippen molar-refractivity contribution in [1.82, 2.24) is 4.98 Å². The average molecular weight is 337 g/mol. The second-order valence-corrected chi connectivity index (χ2v) is 6.09. The zero-order valence-corrected chi connectivity index (χ0v) is 14.5. The van der Waals surface area contributed by atoms with Gasteiger partial charge in [0, 0.05) is 10.9 Å². The SMILES string of the molecule is CCOc1ccc(C=NNc2nc(-c3ccccc3)cs2)cc1C. The molecule has 0 saturated carbocycles. The molecule has 0 saturated heterocycles. The van der Waals surface area contributed by atoms with E-state index < -0.39 is 0 Å². The first-order chi connectivity index (χ1) is 11.8. The van der Waals surface area contributed by atoms with Gasteiger partial charge in [-0.2, -0.15) is 5.10 Å². The van der Waals surface area contributed by atoms with Crippen LogP contribution in [0.15, 0.2) is 59.0 Å². The van der Waals surface area contributed by atoms with Crippen LogP contribution in [0.4, 0.5) is 5.13 Å². The summed E-state index contributed by atoms with van der Waals surface area (Å²) in [5.74, 6) is 0.912. The molecular weight excluding hydrogens is 318 g/mol. The molecule has 24 heavy (non-hydrogen) atoms. The van der Waals surface area contributed by atoms with Crippen molar-refractivity contribution in [2.75, 3.05) is 12.0 Å². The maximum Gasteiger partial charge on any atom is 0.203 e. The largest absolute Gasteiger partial charge is 0.494 e. The van der Waals surface area contributed by atoms with Gasteiger partial charge < -0.3 is 4.74 Å². The lowest BCUT2D eigenvalue weighted by molar-refractivity contribution is 0.338. The Morgan fingerprint density at radius 1 is 1.21 bits per heavy atom.